The average Bonchev–Trinajstić information content (AvgIpc) is 2.60. The Kier molecular flexibility index (Phi) is 5.23. The van der Waals surface area contributed by atoms with Gasteiger partial charge in [0, 0.05) is 25.6 Å². The highest BCUT2D eigenvalue weighted by molar-refractivity contribution is 5.83. The molecule has 2 aromatic rings. The zero-order valence-corrected chi connectivity index (χ0v) is 13.0. The highest BCUT2D eigenvalue weighted by Gasteiger charge is 2.17. The van der Waals surface area contributed by atoms with Crippen molar-refractivity contribution in [3.8, 4) is 0 Å². The number of ether oxygens (including phenoxy) is 1. The van der Waals surface area contributed by atoms with Gasteiger partial charge < -0.3 is 20.5 Å². The second kappa shape index (κ2) is 7.55. The second-order valence-electron chi connectivity index (χ2n) is 5.86. The number of rotatable bonds is 5. The van der Waals surface area contributed by atoms with Crippen molar-refractivity contribution in [3.05, 3.63) is 48.0 Å². The van der Waals surface area contributed by atoms with Crippen LogP contribution in [-0.2, 0) is 9.53 Å². The first-order valence-corrected chi connectivity index (χ1v) is 7.97. The van der Waals surface area contributed by atoms with Gasteiger partial charge in [-0.15, -0.1) is 0 Å². The van der Waals surface area contributed by atoms with E-state index in [9.17, 15) is 9.90 Å². The third kappa shape index (κ3) is 4.28. The normalized spacial score (nSPS) is 19.4. The van der Waals surface area contributed by atoms with E-state index in [-0.39, 0.29) is 18.5 Å². The molecule has 122 valence electrons. The maximum Gasteiger partial charge on any atom is 0.221 e. The van der Waals surface area contributed by atoms with Crippen LogP contribution in [0.1, 0.15) is 18.1 Å². The number of nitrogens with one attached hydrogen (secondary N) is 2. The van der Waals surface area contributed by atoms with Gasteiger partial charge in [-0.3, -0.25) is 4.79 Å². The minimum absolute atomic E-state index is 0.0570. The lowest BCUT2D eigenvalue weighted by Crippen LogP contribution is -2.44. The van der Waals surface area contributed by atoms with Gasteiger partial charge in [0.1, 0.15) is 0 Å². The molecule has 1 aliphatic rings. The summed E-state index contributed by atoms with van der Waals surface area (Å²) in [6.07, 6.45) is -0.344. The van der Waals surface area contributed by atoms with Crippen molar-refractivity contribution in [3.63, 3.8) is 0 Å². The Bertz CT molecular complexity index is 668. The van der Waals surface area contributed by atoms with Crippen molar-refractivity contribution in [1.82, 2.24) is 10.6 Å². The molecule has 3 N–H and O–H groups in total. The Hall–Kier alpha value is -1.95. The average molecular weight is 314 g/mol. The van der Waals surface area contributed by atoms with E-state index in [2.05, 4.69) is 10.6 Å². The third-order valence-electron chi connectivity index (χ3n) is 4.08. The molecule has 1 aliphatic heterocycles. The number of morpholine rings is 1. The lowest BCUT2D eigenvalue weighted by molar-refractivity contribution is -0.122. The van der Waals surface area contributed by atoms with Gasteiger partial charge in [0.25, 0.3) is 0 Å². The molecule has 2 atom stereocenters. The summed E-state index contributed by atoms with van der Waals surface area (Å²) in [4.78, 5) is 11.9. The van der Waals surface area contributed by atoms with Gasteiger partial charge >= 0.3 is 0 Å². The number of fused-ring (bicyclic) bond motifs is 1. The number of aliphatic hydroxyl groups is 1. The second-order valence-corrected chi connectivity index (χ2v) is 5.86. The molecule has 0 bridgehead atoms. The molecule has 2 unspecified atom stereocenters. The summed E-state index contributed by atoms with van der Waals surface area (Å²) in [5.41, 5.74) is 0.808. The molecular formula is C18H22N2O3. The minimum atomic E-state index is -0.709. The summed E-state index contributed by atoms with van der Waals surface area (Å²) in [6, 6.07) is 13.9. The number of hydrogen-bond acceptors (Lipinski definition) is 4. The van der Waals surface area contributed by atoms with E-state index in [1.54, 1.807) is 0 Å². The number of hydrogen-bond donors (Lipinski definition) is 3. The molecular weight excluding hydrogens is 292 g/mol. The van der Waals surface area contributed by atoms with Crippen LogP contribution in [0.15, 0.2) is 42.5 Å². The zero-order valence-electron chi connectivity index (χ0n) is 13.0. The first-order valence-electron chi connectivity index (χ1n) is 7.97. The molecule has 0 aromatic heterocycles. The van der Waals surface area contributed by atoms with Crippen LogP contribution in [0.3, 0.4) is 0 Å². The van der Waals surface area contributed by atoms with Gasteiger partial charge in [0.05, 0.1) is 19.3 Å². The molecule has 2 aromatic carbocycles. The summed E-state index contributed by atoms with van der Waals surface area (Å²) in [5, 5.41) is 18.5. The van der Waals surface area contributed by atoms with E-state index in [1.165, 1.54) is 0 Å². The van der Waals surface area contributed by atoms with Crippen LogP contribution in [0.2, 0.25) is 0 Å². The highest BCUT2D eigenvalue weighted by Crippen LogP contribution is 2.20. The summed E-state index contributed by atoms with van der Waals surface area (Å²) < 4.78 is 5.33. The van der Waals surface area contributed by atoms with Crippen LogP contribution >= 0.6 is 0 Å². The number of aliphatic hydroxyl groups excluding tert-OH is 1. The van der Waals surface area contributed by atoms with Gasteiger partial charge in [-0.05, 0) is 22.4 Å². The molecule has 0 spiro atoms. The standard InChI is InChI=1S/C18H22N2O3/c21-17(11-20-18(22)10-16-12-23-8-7-19-16)15-6-5-13-3-1-2-4-14(13)9-15/h1-6,9,16-17,19,21H,7-8,10-12H2,(H,20,22). The summed E-state index contributed by atoms with van der Waals surface area (Å²) in [5.74, 6) is -0.0761. The van der Waals surface area contributed by atoms with Crippen LogP contribution in [0.5, 0.6) is 0 Å². The highest BCUT2D eigenvalue weighted by atomic mass is 16.5. The van der Waals surface area contributed by atoms with Crippen molar-refractivity contribution >= 4 is 16.7 Å². The molecule has 5 nitrogen and oxygen atoms in total. The van der Waals surface area contributed by atoms with Crippen LogP contribution in [-0.4, -0.2) is 43.4 Å². The Morgan fingerprint density at radius 2 is 2.13 bits per heavy atom. The molecule has 3 rings (SSSR count). The van der Waals surface area contributed by atoms with Gasteiger partial charge in [0.2, 0.25) is 5.91 Å². The van der Waals surface area contributed by atoms with Crippen molar-refractivity contribution in [1.29, 1.82) is 0 Å². The molecule has 1 heterocycles. The Morgan fingerprint density at radius 3 is 2.91 bits per heavy atom. The van der Waals surface area contributed by atoms with E-state index in [0.717, 1.165) is 22.9 Å². The number of benzene rings is 2. The predicted octanol–water partition coefficient (Wildman–Crippen LogP) is 1.37. The fourth-order valence-electron chi connectivity index (χ4n) is 2.79. The van der Waals surface area contributed by atoms with E-state index in [4.69, 9.17) is 4.74 Å². The monoisotopic (exact) mass is 314 g/mol. The van der Waals surface area contributed by atoms with Crippen LogP contribution in [0, 0.1) is 0 Å². The fourth-order valence-corrected chi connectivity index (χ4v) is 2.79. The lowest BCUT2D eigenvalue weighted by Gasteiger charge is -2.23. The van der Waals surface area contributed by atoms with Crippen molar-refractivity contribution in [2.75, 3.05) is 26.3 Å². The smallest absolute Gasteiger partial charge is 0.221 e. The number of carbonyl (C=O) groups is 1. The van der Waals surface area contributed by atoms with Gasteiger partial charge in [-0.1, -0.05) is 36.4 Å². The molecule has 23 heavy (non-hydrogen) atoms. The maximum atomic E-state index is 11.9. The van der Waals surface area contributed by atoms with Gasteiger partial charge in [-0.25, -0.2) is 0 Å². The maximum absolute atomic E-state index is 11.9. The molecule has 0 radical (unpaired) electrons. The quantitative estimate of drug-likeness (QED) is 0.779. The molecule has 1 saturated heterocycles. The fraction of sp³-hybridized carbons (Fsp3) is 0.389. The molecule has 0 saturated carbocycles. The predicted molar refractivity (Wildman–Crippen MR) is 89.1 cm³/mol. The summed E-state index contributed by atoms with van der Waals surface area (Å²) in [7, 11) is 0. The van der Waals surface area contributed by atoms with E-state index in [0.29, 0.717) is 19.6 Å². The first-order chi connectivity index (χ1) is 11.2. The largest absolute Gasteiger partial charge is 0.387 e. The van der Waals surface area contributed by atoms with Gasteiger partial charge in [0.15, 0.2) is 0 Å². The van der Waals surface area contributed by atoms with Crippen LogP contribution in [0.4, 0.5) is 0 Å². The van der Waals surface area contributed by atoms with Crippen LogP contribution < -0.4 is 10.6 Å². The Morgan fingerprint density at radius 1 is 1.30 bits per heavy atom. The Labute approximate surface area is 135 Å². The molecule has 1 fully saturated rings. The third-order valence-corrected chi connectivity index (χ3v) is 4.08. The molecule has 5 heteroatoms. The SMILES string of the molecule is O=C(CC1COCCN1)NCC(O)c1ccc2ccccc2c1. The first kappa shape index (κ1) is 15.9. The zero-order chi connectivity index (χ0) is 16.1. The van der Waals surface area contributed by atoms with Gasteiger partial charge in [-0.2, -0.15) is 0 Å². The lowest BCUT2D eigenvalue weighted by atomic mass is 10.0. The van der Waals surface area contributed by atoms with Crippen molar-refractivity contribution < 1.29 is 14.6 Å². The molecule has 0 aliphatic carbocycles. The summed E-state index contributed by atoms with van der Waals surface area (Å²) in [6.45, 7) is 2.24. The van der Waals surface area contributed by atoms with Crippen LogP contribution in [0.25, 0.3) is 10.8 Å². The van der Waals surface area contributed by atoms with Crippen molar-refractivity contribution in [2.24, 2.45) is 0 Å². The van der Waals surface area contributed by atoms with E-state index < -0.39 is 6.10 Å². The Balaban J connectivity index is 1.53. The number of amides is 1. The number of carbonyl (C=O) groups excluding carboxylic acids is 1. The van der Waals surface area contributed by atoms with E-state index in [1.807, 2.05) is 42.5 Å². The van der Waals surface area contributed by atoms with E-state index >= 15 is 0 Å². The topological polar surface area (TPSA) is 70.6 Å². The van der Waals surface area contributed by atoms with Crippen molar-refractivity contribution in [2.45, 2.75) is 18.6 Å². The molecule has 1 amide bonds. The minimum Gasteiger partial charge on any atom is -0.387 e. The summed E-state index contributed by atoms with van der Waals surface area (Å²) >= 11 is 0.